The molecule has 4 aromatic rings. The van der Waals surface area contributed by atoms with E-state index in [1.165, 1.54) is 26.3 Å². The maximum Gasteiger partial charge on any atom is 0.417 e. The Morgan fingerprint density at radius 3 is 2.38 bits per heavy atom. The molecule has 3 aromatic carbocycles. The van der Waals surface area contributed by atoms with Crippen LogP contribution < -0.4 is 15.2 Å². The van der Waals surface area contributed by atoms with Crippen molar-refractivity contribution in [2.45, 2.75) is 19.7 Å². The number of hydrogen-bond acceptors (Lipinski definition) is 5. The van der Waals surface area contributed by atoms with E-state index in [-0.39, 0.29) is 12.2 Å². The molecule has 10 heteroatoms. The Bertz CT molecular complexity index is 1390. The number of aryl methyl sites for hydroxylation is 2. The summed E-state index contributed by atoms with van der Waals surface area (Å²) >= 11 is 0. The first kappa shape index (κ1) is 23.1. The molecule has 0 fully saturated rings. The second-order valence-corrected chi connectivity index (χ2v) is 7.57. The summed E-state index contributed by atoms with van der Waals surface area (Å²) in [5.41, 5.74) is 1.07. The van der Waals surface area contributed by atoms with Gasteiger partial charge in [0.2, 0.25) is 0 Å². The van der Waals surface area contributed by atoms with Gasteiger partial charge in [-0.25, -0.2) is 4.79 Å². The van der Waals surface area contributed by atoms with Crippen LogP contribution in [0.1, 0.15) is 16.7 Å². The summed E-state index contributed by atoms with van der Waals surface area (Å²) in [5, 5.41) is 7.62. The summed E-state index contributed by atoms with van der Waals surface area (Å²) in [7, 11) is 2.99. The van der Waals surface area contributed by atoms with Gasteiger partial charge < -0.3 is 9.47 Å². The van der Waals surface area contributed by atoms with Crippen molar-refractivity contribution in [3.63, 3.8) is 0 Å². The number of ether oxygens (including phenoxy) is 2. The Hall–Kier alpha value is -4.08. The van der Waals surface area contributed by atoms with E-state index >= 15 is 0 Å². The quantitative estimate of drug-likeness (QED) is 0.414. The number of alkyl halides is 3. The highest BCUT2D eigenvalue weighted by Gasteiger charge is 2.33. The maximum atomic E-state index is 13.4. The van der Waals surface area contributed by atoms with Gasteiger partial charge in [0.25, 0.3) is 0 Å². The molecule has 0 radical (unpaired) electrons. The van der Waals surface area contributed by atoms with Crippen LogP contribution in [0.2, 0.25) is 0 Å². The molecule has 0 bridgehead atoms. The first-order valence-electron chi connectivity index (χ1n) is 10.3. The second-order valence-electron chi connectivity index (χ2n) is 7.57. The predicted molar refractivity (Wildman–Crippen MR) is 119 cm³/mol. The van der Waals surface area contributed by atoms with Gasteiger partial charge in [0.05, 0.1) is 23.9 Å². The van der Waals surface area contributed by atoms with Gasteiger partial charge in [-0.3, -0.25) is 0 Å². The van der Waals surface area contributed by atoms with Crippen molar-refractivity contribution in [2.75, 3.05) is 7.11 Å². The molecular weight excluding hydrogens is 449 g/mol. The first-order valence-corrected chi connectivity index (χ1v) is 10.3. The highest BCUT2D eigenvalue weighted by atomic mass is 19.4. The Morgan fingerprint density at radius 2 is 1.74 bits per heavy atom. The maximum absolute atomic E-state index is 13.4. The molecule has 176 valence electrons. The highest BCUT2D eigenvalue weighted by molar-refractivity contribution is 5.69. The van der Waals surface area contributed by atoms with Crippen molar-refractivity contribution in [1.29, 1.82) is 0 Å². The fourth-order valence-corrected chi connectivity index (χ4v) is 3.66. The smallest absolute Gasteiger partial charge is 0.417 e. The molecule has 0 aliphatic heterocycles. The summed E-state index contributed by atoms with van der Waals surface area (Å²) in [5.74, 6) is 0.972. The number of tetrazole rings is 1. The molecular formula is C24H21F3N4O3. The average molecular weight is 470 g/mol. The summed E-state index contributed by atoms with van der Waals surface area (Å²) in [4.78, 5) is 12.4. The normalized spacial score (nSPS) is 11.5. The standard InChI is InChI=1S/C24H21F3N4O3/c1-15-13-16(17-7-4-5-8-19(17)24(25,26)27)11-12-21(15)34-14-18-20(9-6-10-22(18)33-3)31-23(32)30(2)28-29-31/h4-13H,14H2,1-3H3. The van der Waals surface area contributed by atoms with Crippen LogP contribution in [0.4, 0.5) is 13.2 Å². The topological polar surface area (TPSA) is 71.2 Å². The lowest BCUT2D eigenvalue weighted by Crippen LogP contribution is -2.23. The van der Waals surface area contributed by atoms with Crippen LogP contribution in [0.25, 0.3) is 16.8 Å². The van der Waals surface area contributed by atoms with E-state index in [0.717, 1.165) is 15.4 Å². The highest BCUT2D eigenvalue weighted by Crippen LogP contribution is 2.38. The van der Waals surface area contributed by atoms with Crippen molar-refractivity contribution in [1.82, 2.24) is 19.8 Å². The van der Waals surface area contributed by atoms with Crippen LogP contribution in [0, 0.1) is 6.92 Å². The first-order chi connectivity index (χ1) is 16.2. The van der Waals surface area contributed by atoms with Crippen LogP contribution >= 0.6 is 0 Å². The Kier molecular flexibility index (Phi) is 6.14. The molecule has 7 nitrogen and oxygen atoms in total. The van der Waals surface area contributed by atoms with Crippen LogP contribution in [0.3, 0.4) is 0 Å². The fourth-order valence-electron chi connectivity index (χ4n) is 3.66. The minimum absolute atomic E-state index is 0.0295. The number of methoxy groups -OCH3 is 1. The van der Waals surface area contributed by atoms with Gasteiger partial charge in [0.1, 0.15) is 18.1 Å². The molecule has 0 unspecified atom stereocenters. The summed E-state index contributed by atoms with van der Waals surface area (Å²) < 4.78 is 54.0. The molecule has 0 saturated carbocycles. The van der Waals surface area contributed by atoms with Crippen molar-refractivity contribution in [3.8, 4) is 28.3 Å². The Balaban J connectivity index is 1.65. The zero-order chi connectivity index (χ0) is 24.5. The molecule has 0 N–H and O–H groups in total. The van der Waals surface area contributed by atoms with Gasteiger partial charge in [0.15, 0.2) is 0 Å². The summed E-state index contributed by atoms with van der Waals surface area (Å²) in [6.07, 6.45) is -4.46. The number of benzene rings is 3. The number of aromatic nitrogens is 4. The van der Waals surface area contributed by atoms with Gasteiger partial charge in [-0.2, -0.15) is 22.5 Å². The lowest BCUT2D eigenvalue weighted by molar-refractivity contribution is -0.137. The van der Waals surface area contributed by atoms with Gasteiger partial charge >= 0.3 is 11.9 Å². The van der Waals surface area contributed by atoms with Crippen molar-refractivity contribution >= 4 is 0 Å². The molecule has 4 rings (SSSR count). The molecule has 0 atom stereocenters. The van der Waals surface area contributed by atoms with E-state index in [1.54, 1.807) is 49.4 Å². The molecule has 0 saturated heterocycles. The van der Waals surface area contributed by atoms with Crippen molar-refractivity contribution in [3.05, 3.63) is 87.8 Å². The van der Waals surface area contributed by atoms with E-state index in [1.807, 2.05) is 0 Å². The monoisotopic (exact) mass is 470 g/mol. The van der Waals surface area contributed by atoms with Crippen molar-refractivity contribution in [2.24, 2.45) is 7.05 Å². The van der Waals surface area contributed by atoms with E-state index in [2.05, 4.69) is 10.4 Å². The molecule has 0 aliphatic rings. The number of nitrogens with zero attached hydrogens (tertiary/aromatic N) is 4. The second kappa shape index (κ2) is 9.05. The largest absolute Gasteiger partial charge is 0.496 e. The lowest BCUT2D eigenvalue weighted by Gasteiger charge is -2.16. The van der Waals surface area contributed by atoms with Crippen LogP contribution in [-0.2, 0) is 19.8 Å². The van der Waals surface area contributed by atoms with Gasteiger partial charge in [-0.05, 0) is 64.4 Å². The summed E-state index contributed by atoms with van der Waals surface area (Å²) in [6.45, 7) is 1.78. The zero-order valence-corrected chi connectivity index (χ0v) is 18.6. The number of halogens is 3. The average Bonchev–Trinajstić information content (AvgIpc) is 3.15. The molecule has 0 amide bonds. The number of hydrogen-bond donors (Lipinski definition) is 0. The number of rotatable bonds is 6. The Morgan fingerprint density at radius 1 is 0.971 bits per heavy atom. The van der Waals surface area contributed by atoms with E-state index in [0.29, 0.717) is 33.9 Å². The van der Waals surface area contributed by atoms with Crippen LogP contribution in [0.5, 0.6) is 11.5 Å². The van der Waals surface area contributed by atoms with Gasteiger partial charge in [-0.1, -0.05) is 30.3 Å². The SMILES string of the molecule is COc1cccc(-n2nnn(C)c2=O)c1COc1ccc(-c2ccccc2C(F)(F)F)cc1C. The van der Waals surface area contributed by atoms with E-state index in [9.17, 15) is 18.0 Å². The van der Waals surface area contributed by atoms with Crippen molar-refractivity contribution < 1.29 is 22.6 Å². The third-order valence-electron chi connectivity index (χ3n) is 5.37. The van der Waals surface area contributed by atoms with E-state index in [4.69, 9.17) is 9.47 Å². The molecule has 1 heterocycles. The van der Waals surface area contributed by atoms with Gasteiger partial charge in [0, 0.05) is 7.05 Å². The third kappa shape index (κ3) is 4.39. The summed E-state index contributed by atoms with van der Waals surface area (Å²) in [6, 6.07) is 15.4. The molecule has 34 heavy (non-hydrogen) atoms. The van der Waals surface area contributed by atoms with Crippen LogP contribution in [0.15, 0.2) is 65.5 Å². The minimum atomic E-state index is -4.46. The molecule has 1 aromatic heterocycles. The Labute approximate surface area is 193 Å². The van der Waals surface area contributed by atoms with Gasteiger partial charge in [-0.15, -0.1) is 0 Å². The van der Waals surface area contributed by atoms with E-state index < -0.39 is 17.4 Å². The van der Waals surface area contributed by atoms with Crippen LogP contribution in [-0.4, -0.2) is 26.9 Å². The third-order valence-corrected chi connectivity index (χ3v) is 5.37. The zero-order valence-electron chi connectivity index (χ0n) is 18.6. The minimum Gasteiger partial charge on any atom is -0.496 e. The molecule has 0 spiro atoms. The molecule has 0 aliphatic carbocycles. The lowest BCUT2D eigenvalue weighted by atomic mass is 9.97. The fraction of sp³-hybridized carbons (Fsp3) is 0.208. The predicted octanol–water partition coefficient (Wildman–Crippen LogP) is 4.55.